The molecule has 0 N–H and O–H groups in total. The second-order valence-corrected chi connectivity index (χ2v) is 22.3. The van der Waals surface area contributed by atoms with Crippen molar-refractivity contribution in [2.45, 2.75) is 251 Å². The van der Waals surface area contributed by atoms with E-state index in [1.54, 1.807) is 0 Å². The fraction of sp³-hybridized carbons (Fsp3) is 0.630. The second kappa shape index (κ2) is 62.2. The number of carboxylic acid groups (broad SMARTS) is 1. The topological polar surface area (TPSA) is 111 Å². The molecule has 2 atom stereocenters. The molecule has 0 rings (SSSR count). The molecule has 2 unspecified atom stereocenters. The zero-order valence-electron chi connectivity index (χ0n) is 52.8. The number of nitrogens with zero attached hydrogens (tertiary/aromatic N) is 1. The summed E-state index contributed by atoms with van der Waals surface area (Å²) in [4.78, 5) is 37.3. The van der Waals surface area contributed by atoms with Crippen molar-refractivity contribution >= 4 is 17.9 Å². The Hall–Kier alpha value is -4.83. The third-order valence-corrected chi connectivity index (χ3v) is 13.3. The molecule has 9 nitrogen and oxygen atoms in total. The van der Waals surface area contributed by atoms with Crippen molar-refractivity contribution in [1.82, 2.24) is 0 Å². The van der Waals surface area contributed by atoms with E-state index in [1.165, 1.54) is 70.6 Å². The van der Waals surface area contributed by atoms with Crippen molar-refractivity contribution in [1.29, 1.82) is 0 Å². The van der Waals surface area contributed by atoms with Crippen molar-refractivity contribution in [3.05, 3.63) is 146 Å². The van der Waals surface area contributed by atoms with Crippen molar-refractivity contribution in [3.8, 4) is 0 Å². The maximum absolute atomic E-state index is 12.9. The highest BCUT2D eigenvalue weighted by Crippen LogP contribution is 2.15. The number of aliphatic carboxylic acids is 1. The van der Waals surface area contributed by atoms with Gasteiger partial charge in [0.1, 0.15) is 13.2 Å². The molecule has 0 saturated carbocycles. The van der Waals surface area contributed by atoms with Gasteiger partial charge in [-0.2, -0.15) is 0 Å². The predicted octanol–water partition coefficient (Wildman–Crippen LogP) is 18.6. The van der Waals surface area contributed by atoms with Gasteiger partial charge in [0.25, 0.3) is 0 Å². The van der Waals surface area contributed by atoms with Crippen LogP contribution in [0.3, 0.4) is 0 Å². The third-order valence-electron chi connectivity index (χ3n) is 13.3. The first-order chi connectivity index (χ1) is 40.1. The van der Waals surface area contributed by atoms with Crippen LogP contribution < -0.4 is 5.11 Å². The summed E-state index contributed by atoms with van der Waals surface area (Å²) in [6.07, 6.45) is 87.7. The summed E-state index contributed by atoms with van der Waals surface area (Å²) in [6, 6.07) is 0. The van der Waals surface area contributed by atoms with Crippen LogP contribution in [-0.2, 0) is 33.3 Å². The van der Waals surface area contributed by atoms with E-state index in [2.05, 4.69) is 160 Å². The zero-order chi connectivity index (χ0) is 59.8. The molecule has 0 aromatic rings. The Balaban J connectivity index is 4.16. The van der Waals surface area contributed by atoms with E-state index in [9.17, 15) is 19.5 Å². The van der Waals surface area contributed by atoms with E-state index >= 15 is 0 Å². The number of unbranched alkanes of at least 4 members (excludes halogenated alkanes) is 19. The number of likely N-dealkylation sites (N-methyl/N-ethyl adjacent to an activating group) is 1. The average molecular weight is 1140 g/mol. The van der Waals surface area contributed by atoms with Gasteiger partial charge in [-0.1, -0.05) is 250 Å². The Morgan fingerprint density at radius 3 is 1.04 bits per heavy atom. The summed E-state index contributed by atoms with van der Waals surface area (Å²) in [5, 5.41) is 11.8. The molecule has 0 amide bonds. The molecule has 9 heteroatoms. The number of allylic oxidation sites excluding steroid dienone is 24. The molecule has 0 aromatic carbocycles. The van der Waals surface area contributed by atoms with Gasteiger partial charge in [0.15, 0.2) is 12.4 Å². The summed E-state index contributed by atoms with van der Waals surface area (Å²) in [7, 11) is 5.91. The number of hydrogen-bond donors (Lipinski definition) is 0. The molecule has 464 valence electrons. The summed E-state index contributed by atoms with van der Waals surface area (Å²) >= 11 is 0. The van der Waals surface area contributed by atoms with E-state index < -0.39 is 24.3 Å². The first-order valence-electron chi connectivity index (χ1n) is 32.5. The van der Waals surface area contributed by atoms with Gasteiger partial charge >= 0.3 is 11.9 Å². The van der Waals surface area contributed by atoms with Gasteiger partial charge in [0.2, 0.25) is 0 Å². The first kappa shape index (κ1) is 77.2. The molecule has 0 fully saturated rings. The molecular formula is C73H119NO8. The van der Waals surface area contributed by atoms with E-state index in [0.717, 1.165) is 135 Å². The number of carbonyl (C=O) groups excluding carboxylic acids is 3. The Kier molecular flexibility index (Phi) is 58.6. The minimum atomic E-state index is -1.63. The molecule has 0 spiro atoms. The first-order valence-corrected chi connectivity index (χ1v) is 32.5. The Bertz CT molecular complexity index is 1850. The van der Waals surface area contributed by atoms with Crippen LogP contribution in [0.25, 0.3) is 0 Å². The quantitative estimate of drug-likeness (QED) is 0.0195. The molecular weight excluding hydrogens is 1020 g/mol. The zero-order valence-corrected chi connectivity index (χ0v) is 52.8. The van der Waals surface area contributed by atoms with Crippen molar-refractivity contribution < 1.29 is 42.9 Å². The van der Waals surface area contributed by atoms with Gasteiger partial charge in [0, 0.05) is 12.8 Å². The maximum Gasteiger partial charge on any atom is 0.306 e. The fourth-order valence-electron chi connectivity index (χ4n) is 8.36. The molecule has 0 aromatic heterocycles. The highest BCUT2D eigenvalue weighted by atomic mass is 16.7. The van der Waals surface area contributed by atoms with Gasteiger partial charge in [-0.25, -0.2) is 0 Å². The van der Waals surface area contributed by atoms with Gasteiger partial charge in [0.05, 0.1) is 40.3 Å². The molecule has 0 bridgehead atoms. The van der Waals surface area contributed by atoms with Crippen LogP contribution in [0.2, 0.25) is 0 Å². The highest BCUT2D eigenvalue weighted by Gasteiger charge is 2.22. The lowest BCUT2D eigenvalue weighted by Crippen LogP contribution is -2.44. The summed E-state index contributed by atoms with van der Waals surface area (Å²) in [5.41, 5.74) is 0. The van der Waals surface area contributed by atoms with E-state index in [4.69, 9.17) is 18.9 Å². The van der Waals surface area contributed by atoms with Crippen molar-refractivity contribution in [2.24, 2.45) is 0 Å². The van der Waals surface area contributed by atoms with Crippen LogP contribution in [0.15, 0.2) is 146 Å². The Morgan fingerprint density at radius 2 is 0.695 bits per heavy atom. The van der Waals surface area contributed by atoms with Crippen LogP contribution in [0, 0.1) is 0 Å². The molecule has 82 heavy (non-hydrogen) atoms. The predicted molar refractivity (Wildman–Crippen MR) is 347 cm³/mol. The SMILES string of the molecule is CC/C=C\C/C=C\C/C=C\C/C=C\C/C=C\C/C=C\C/C=C\C/C=C\C/C=C\C/C=C\CCCCCCCCCCCCC(=O)OC(COC(=O)CCCCCCC/C=C\C/C=C\CCCCCC)COC(OCC[N+](C)(C)C)C(=O)[O-]. The van der Waals surface area contributed by atoms with E-state index in [0.29, 0.717) is 17.4 Å². The largest absolute Gasteiger partial charge is 0.545 e. The lowest BCUT2D eigenvalue weighted by atomic mass is 10.0. The molecule has 0 radical (unpaired) electrons. The van der Waals surface area contributed by atoms with Crippen LogP contribution >= 0.6 is 0 Å². The monoisotopic (exact) mass is 1140 g/mol. The molecule has 0 heterocycles. The second-order valence-electron chi connectivity index (χ2n) is 22.3. The number of esters is 2. The van der Waals surface area contributed by atoms with Gasteiger partial charge in [-0.15, -0.1) is 0 Å². The number of quaternary nitrogens is 1. The number of rotatable bonds is 58. The van der Waals surface area contributed by atoms with Crippen molar-refractivity contribution in [2.75, 3.05) is 47.5 Å². The van der Waals surface area contributed by atoms with Crippen LogP contribution in [-0.4, -0.2) is 82.3 Å². The maximum atomic E-state index is 12.9. The molecule has 0 saturated heterocycles. The summed E-state index contributed by atoms with van der Waals surface area (Å²) in [5.74, 6) is -2.32. The minimum Gasteiger partial charge on any atom is -0.545 e. The fourth-order valence-corrected chi connectivity index (χ4v) is 8.36. The standard InChI is InChI=1S/C73H119NO8/c1-6-8-10-12-14-16-18-20-22-24-25-26-27-28-29-30-31-32-33-34-35-36-37-38-39-40-41-42-43-44-45-46-47-48-50-52-54-56-58-60-62-64-71(76)82-69(68-81-73(72(77)78)79-66-65-74(3,4)5)67-80-70(75)63-61-59-57-55-53-51-49-23-21-19-17-15-13-11-9-7-2/h8,10,14,16-17,19-20,22-23,25-26,28-29,31-32,34-35,37-38,40-41,43-44,49,69,73H,6-7,9,11-13,15,18,21,24,27,30,33,36,39,42,45-48,50-68H2,1-5H3/b10-8-,16-14-,19-17-,22-20-,26-25-,29-28-,32-31-,35-34-,38-37-,41-40-,44-43-,49-23-. The minimum absolute atomic E-state index is 0.138. The van der Waals surface area contributed by atoms with Crippen LogP contribution in [0.1, 0.15) is 239 Å². The Labute approximate surface area is 502 Å². The summed E-state index contributed by atoms with van der Waals surface area (Å²) in [6.45, 7) is 4.58. The number of carbonyl (C=O) groups is 3. The number of carboxylic acids is 1. The molecule has 0 aliphatic heterocycles. The van der Waals surface area contributed by atoms with Gasteiger partial charge in [-0.3, -0.25) is 9.59 Å². The summed E-state index contributed by atoms with van der Waals surface area (Å²) < 4.78 is 22.7. The molecule has 0 aliphatic carbocycles. The lowest BCUT2D eigenvalue weighted by Gasteiger charge is -2.26. The molecule has 0 aliphatic rings. The smallest absolute Gasteiger partial charge is 0.306 e. The van der Waals surface area contributed by atoms with E-state index in [-0.39, 0.29) is 38.6 Å². The number of hydrogen-bond acceptors (Lipinski definition) is 8. The third kappa shape index (κ3) is 62.8. The van der Waals surface area contributed by atoms with Crippen LogP contribution in [0.5, 0.6) is 0 Å². The van der Waals surface area contributed by atoms with Crippen molar-refractivity contribution in [3.63, 3.8) is 0 Å². The average Bonchev–Trinajstić information content (AvgIpc) is 3.45. The van der Waals surface area contributed by atoms with Gasteiger partial charge in [-0.05, 0) is 122 Å². The van der Waals surface area contributed by atoms with E-state index in [1.807, 2.05) is 21.1 Å². The lowest BCUT2D eigenvalue weighted by molar-refractivity contribution is -0.870. The number of ether oxygens (including phenoxy) is 4. The normalized spacial score (nSPS) is 13.7. The highest BCUT2D eigenvalue weighted by molar-refractivity contribution is 5.70. The van der Waals surface area contributed by atoms with Gasteiger partial charge < -0.3 is 33.3 Å². The van der Waals surface area contributed by atoms with Crippen LogP contribution in [0.4, 0.5) is 0 Å². The Morgan fingerprint density at radius 1 is 0.378 bits per heavy atom.